The van der Waals surface area contributed by atoms with Crippen molar-refractivity contribution in [1.82, 2.24) is 24.5 Å². The Labute approximate surface area is 136 Å². The molecule has 0 bridgehead atoms. The molecule has 3 aromatic heterocycles. The number of aryl methyl sites for hydroxylation is 2. The van der Waals surface area contributed by atoms with E-state index in [1.807, 2.05) is 12.4 Å². The highest BCUT2D eigenvalue weighted by molar-refractivity contribution is 5.48. The Bertz CT molecular complexity index is 829. The molecule has 0 saturated heterocycles. The molecule has 0 fully saturated rings. The van der Waals surface area contributed by atoms with Gasteiger partial charge in [-0.05, 0) is 44.7 Å². The molecule has 5 heteroatoms. The van der Waals surface area contributed by atoms with Gasteiger partial charge in [0.2, 0.25) is 0 Å². The lowest BCUT2D eigenvalue weighted by Gasteiger charge is -2.24. The lowest BCUT2D eigenvalue weighted by molar-refractivity contribution is 0.445. The molecule has 4 rings (SSSR count). The summed E-state index contributed by atoms with van der Waals surface area (Å²) in [7, 11) is 0. The zero-order valence-electron chi connectivity index (χ0n) is 13.8. The largest absolute Gasteiger partial charge is 0.304 e. The van der Waals surface area contributed by atoms with Gasteiger partial charge in [-0.15, -0.1) is 0 Å². The number of aromatic nitrogens is 4. The summed E-state index contributed by atoms with van der Waals surface area (Å²) >= 11 is 0. The molecule has 1 atom stereocenters. The Balaban J connectivity index is 1.56. The average molecular weight is 309 g/mol. The molecule has 0 saturated carbocycles. The molecule has 23 heavy (non-hydrogen) atoms. The zero-order valence-corrected chi connectivity index (χ0v) is 13.8. The fourth-order valence-electron chi connectivity index (χ4n) is 3.66. The van der Waals surface area contributed by atoms with Crippen LogP contribution < -0.4 is 5.32 Å². The fraction of sp³-hybridized carbons (Fsp3) is 0.444. The van der Waals surface area contributed by atoms with Gasteiger partial charge in [-0.2, -0.15) is 5.10 Å². The molecule has 3 aromatic rings. The monoisotopic (exact) mass is 309 g/mol. The zero-order chi connectivity index (χ0) is 15.8. The summed E-state index contributed by atoms with van der Waals surface area (Å²) in [5, 5.41) is 8.25. The van der Waals surface area contributed by atoms with Gasteiger partial charge in [0.05, 0.1) is 18.1 Å². The number of pyridine rings is 1. The van der Waals surface area contributed by atoms with E-state index in [1.54, 1.807) is 0 Å². The molecule has 5 nitrogen and oxygen atoms in total. The van der Waals surface area contributed by atoms with Gasteiger partial charge in [-0.25, -0.2) is 4.98 Å². The molecule has 1 N–H and O–H groups in total. The topological polar surface area (TPSA) is 47.2 Å². The smallest absolute Gasteiger partial charge is 0.139 e. The first kappa shape index (κ1) is 14.5. The minimum absolute atomic E-state index is 0.398. The number of rotatable bonds is 4. The third-order valence-electron chi connectivity index (χ3n) is 4.90. The van der Waals surface area contributed by atoms with Crippen LogP contribution in [0.2, 0.25) is 0 Å². The van der Waals surface area contributed by atoms with Gasteiger partial charge in [-0.1, -0.05) is 6.07 Å². The standard InChI is InChI=1S/C18H23N5/c1-3-23-17-8-4-7-16(15(17)12-21-23)19-10-14-11-20-18-13(2)6-5-9-22(14)18/h5-6,9,11-12,16,19H,3-4,7-8,10H2,1-2H3. The van der Waals surface area contributed by atoms with Crippen molar-refractivity contribution in [2.75, 3.05) is 0 Å². The van der Waals surface area contributed by atoms with Crippen LogP contribution in [0, 0.1) is 6.92 Å². The Morgan fingerprint density at radius 1 is 1.35 bits per heavy atom. The normalized spacial score (nSPS) is 17.6. The van der Waals surface area contributed by atoms with Gasteiger partial charge < -0.3 is 9.72 Å². The Hall–Kier alpha value is -2.14. The molecular formula is C18H23N5. The van der Waals surface area contributed by atoms with Gasteiger partial charge in [0, 0.05) is 36.6 Å². The maximum Gasteiger partial charge on any atom is 0.139 e. The Morgan fingerprint density at radius 3 is 3.13 bits per heavy atom. The summed E-state index contributed by atoms with van der Waals surface area (Å²) in [5.74, 6) is 0. The Kier molecular flexibility index (Phi) is 3.65. The summed E-state index contributed by atoms with van der Waals surface area (Å²) in [6.07, 6.45) is 9.67. The van der Waals surface area contributed by atoms with E-state index in [2.05, 4.69) is 56.7 Å². The number of nitrogens with zero attached hydrogens (tertiary/aromatic N) is 4. The highest BCUT2D eigenvalue weighted by Gasteiger charge is 2.23. The van der Waals surface area contributed by atoms with Crippen molar-refractivity contribution in [2.45, 2.75) is 52.2 Å². The molecule has 1 aliphatic carbocycles. The van der Waals surface area contributed by atoms with Gasteiger partial charge in [0.25, 0.3) is 0 Å². The average Bonchev–Trinajstić information content (AvgIpc) is 3.17. The van der Waals surface area contributed by atoms with Crippen LogP contribution in [0.1, 0.15) is 48.3 Å². The highest BCUT2D eigenvalue weighted by atomic mass is 15.3. The van der Waals surface area contributed by atoms with Crippen molar-refractivity contribution < 1.29 is 0 Å². The number of hydrogen-bond donors (Lipinski definition) is 1. The van der Waals surface area contributed by atoms with Crippen LogP contribution >= 0.6 is 0 Å². The second-order valence-corrected chi connectivity index (χ2v) is 6.32. The summed E-state index contributed by atoms with van der Waals surface area (Å²) in [4.78, 5) is 4.55. The van der Waals surface area contributed by atoms with E-state index in [0.29, 0.717) is 6.04 Å². The SMILES string of the molecule is CCn1ncc2c1CCCC2NCc1cnc2c(C)cccn12. The highest BCUT2D eigenvalue weighted by Crippen LogP contribution is 2.29. The molecule has 1 unspecified atom stereocenters. The maximum atomic E-state index is 4.55. The summed E-state index contributed by atoms with van der Waals surface area (Å²) < 4.78 is 4.32. The lowest BCUT2D eigenvalue weighted by atomic mass is 9.93. The molecule has 0 radical (unpaired) electrons. The molecule has 0 amide bonds. The van der Waals surface area contributed by atoms with Crippen LogP contribution in [0.5, 0.6) is 0 Å². The second kappa shape index (κ2) is 5.81. The number of nitrogens with one attached hydrogen (secondary N) is 1. The van der Waals surface area contributed by atoms with E-state index < -0.39 is 0 Å². The fourth-order valence-corrected chi connectivity index (χ4v) is 3.66. The van der Waals surface area contributed by atoms with Crippen LogP contribution in [-0.4, -0.2) is 19.2 Å². The summed E-state index contributed by atoms with van der Waals surface area (Å²) in [6, 6.07) is 4.58. The minimum Gasteiger partial charge on any atom is -0.304 e. The molecule has 120 valence electrons. The molecule has 0 spiro atoms. The van der Waals surface area contributed by atoms with Crippen molar-refractivity contribution in [1.29, 1.82) is 0 Å². The predicted molar refractivity (Wildman–Crippen MR) is 90.3 cm³/mol. The van der Waals surface area contributed by atoms with Crippen LogP contribution in [0.15, 0.2) is 30.7 Å². The van der Waals surface area contributed by atoms with Crippen LogP contribution in [-0.2, 0) is 19.5 Å². The molecule has 0 aromatic carbocycles. The number of imidazole rings is 1. The van der Waals surface area contributed by atoms with Crippen molar-refractivity contribution >= 4 is 5.65 Å². The van der Waals surface area contributed by atoms with Crippen LogP contribution in [0.25, 0.3) is 5.65 Å². The third kappa shape index (κ3) is 2.45. The predicted octanol–water partition coefficient (Wildman–Crippen LogP) is 3.03. The van der Waals surface area contributed by atoms with E-state index >= 15 is 0 Å². The summed E-state index contributed by atoms with van der Waals surface area (Å²) in [6.45, 7) is 6.04. The first-order chi connectivity index (χ1) is 11.3. The molecule has 1 aliphatic rings. The van der Waals surface area contributed by atoms with E-state index in [9.17, 15) is 0 Å². The van der Waals surface area contributed by atoms with E-state index in [-0.39, 0.29) is 0 Å². The van der Waals surface area contributed by atoms with Crippen molar-refractivity contribution in [2.24, 2.45) is 0 Å². The van der Waals surface area contributed by atoms with Crippen molar-refractivity contribution in [3.05, 3.63) is 53.2 Å². The summed E-state index contributed by atoms with van der Waals surface area (Å²) in [5.41, 5.74) is 6.25. The van der Waals surface area contributed by atoms with Gasteiger partial charge >= 0.3 is 0 Å². The van der Waals surface area contributed by atoms with E-state index in [4.69, 9.17) is 0 Å². The molecular weight excluding hydrogens is 286 g/mol. The molecule has 3 heterocycles. The molecule has 0 aliphatic heterocycles. The van der Waals surface area contributed by atoms with Gasteiger partial charge in [0.15, 0.2) is 0 Å². The van der Waals surface area contributed by atoms with E-state index in [1.165, 1.54) is 35.4 Å². The third-order valence-corrected chi connectivity index (χ3v) is 4.90. The van der Waals surface area contributed by atoms with Gasteiger partial charge in [0.1, 0.15) is 5.65 Å². The van der Waals surface area contributed by atoms with Crippen LogP contribution in [0.4, 0.5) is 0 Å². The number of hydrogen-bond acceptors (Lipinski definition) is 3. The van der Waals surface area contributed by atoms with Gasteiger partial charge in [-0.3, -0.25) is 4.68 Å². The maximum absolute atomic E-state index is 4.55. The first-order valence-corrected chi connectivity index (χ1v) is 8.47. The van der Waals surface area contributed by atoms with Crippen molar-refractivity contribution in [3.63, 3.8) is 0 Å². The Morgan fingerprint density at radius 2 is 2.26 bits per heavy atom. The second-order valence-electron chi connectivity index (χ2n) is 6.32. The van der Waals surface area contributed by atoms with Crippen LogP contribution in [0.3, 0.4) is 0 Å². The van der Waals surface area contributed by atoms with E-state index in [0.717, 1.165) is 25.2 Å². The quantitative estimate of drug-likeness (QED) is 0.806. The minimum atomic E-state index is 0.398. The van der Waals surface area contributed by atoms with Crippen molar-refractivity contribution in [3.8, 4) is 0 Å². The lowest BCUT2D eigenvalue weighted by Crippen LogP contribution is -2.25. The first-order valence-electron chi connectivity index (χ1n) is 8.47. The number of fused-ring (bicyclic) bond motifs is 2.